The molecule has 0 aromatic heterocycles. The molecule has 0 heterocycles. The van der Waals surface area contributed by atoms with Crippen molar-refractivity contribution >= 4 is 5.97 Å². The van der Waals surface area contributed by atoms with E-state index in [2.05, 4.69) is 48.0 Å². The zero-order chi connectivity index (χ0) is 37.3. The van der Waals surface area contributed by atoms with E-state index in [1.807, 2.05) is 0 Å². The minimum absolute atomic E-state index is 0.154. The highest BCUT2D eigenvalue weighted by molar-refractivity contribution is 5.69. The molecule has 9 heteroatoms. The Kier molecular flexibility index (Phi) is 40.3. The van der Waals surface area contributed by atoms with Crippen LogP contribution in [0.4, 0.5) is 0 Å². The number of aliphatic hydroxyl groups excluding tert-OH is 2. The van der Waals surface area contributed by atoms with E-state index in [4.69, 9.17) is 18.9 Å². The summed E-state index contributed by atoms with van der Waals surface area (Å²) in [5, 5.41) is 18.7. The van der Waals surface area contributed by atoms with Crippen molar-refractivity contribution in [2.24, 2.45) is 0 Å². The quantitative estimate of drug-likeness (QED) is 0.0278. The second-order valence-electron chi connectivity index (χ2n) is 13.7. The zero-order valence-electron chi connectivity index (χ0n) is 33.6. The molecule has 51 heavy (non-hydrogen) atoms. The van der Waals surface area contributed by atoms with Gasteiger partial charge in [-0.1, -0.05) is 76.7 Å². The Labute approximate surface area is 314 Å². The van der Waals surface area contributed by atoms with Gasteiger partial charge in [-0.05, 0) is 96.6 Å². The first-order valence-corrected chi connectivity index (χ1v) is 20.9. The van der Waals surface area contributed by atoms with Crippen molar-refractivity contribution in [2.75, 3.05) is 86.0 Å². The number of ether oxygens (including phenoxy) is 4. The Hall–Kier alpha value is -1.33. The number of rotatable bonds is 41. The van der Waals surface area contributed by atoms with Crippen LogP contribution < -0.4 is 0 Å². The molecule has 9 nitrogen and oxygen atoms in total. The highest BCUT2D eigenvalue weighted by Crippen LogP contribution is 2.12. The minimum Gasteiger partial charge on any atom is -0.466 e. The van der Waals surface area contributed by atoms with E-state index in [1.165, 1.54) is 32.1 Å². The molecule has 302 valence electrons. The van der Waals surface area contributed by atoms with Crippen molar-refractivity contribution in [3.05, 3.63) is 24.3 Å². The molecule has 0 aromatic carbocycles. The second kappa shape index (κ2) is 41.4. The van der Waals surface area contributed by atoms with Crippen molar-refractivity contribution in [2.45, 2.75) is 155 Å². The average Bonchev–Trinajstić information content (AvgIpc) is 3.13. The molecule has 0 amide bonds. The molecule has 0 aliphatic heterocycles. The third-order valence-electron chi connectivity index (χ3n) is 9.01. The van der Waals surface area contributed by atoms with E-state index in [9.17, 15) is 15.0 Å². The summed E-state index contributed by atoms with van der Waals surface area (Å²) in [6.45, 7) is 12.9. The highest BCUT2D eigenvalue weighted by Gasteiger charge is 2.14. The number of allylic oxidation sites excluding steroid dienone is 4. The Bertz CT molecular complexity index is 743. The summed E-state index contributed by atoms with van der Waals surface area (Å²) in [5.41, 5.74) is 0. The van der Waals surface area contributed by atoms with E-state index < -0.39 is 0 Å². The summed E-state index contributed by atoms with van der Waals surface area (Å²) in [6, 6.07) is 0. The Balaban J connectivity index is 4.38. The fourth-order valence-electron chi connectivity index (χ4n) is 5.91. The van der Waals surface area contributed by atoms with Crippen LogP contribution in [0, 0.1) is 0 Å². The summed E-state index contributed by atoms with van der Waals surface area (Å²) in [7, 11) is 1.77. The fraction of sp³-hybridized carbons (Fsp3) is 0.881. The molecule has 0 bridgehead atoms. The van der Waals surface area contributed by atoms with Gasteiger partial charge in [-0.2, -0.15) is 0 Å². The SMILES string of the molecule is CC/C=C\CCCCOC(CCC(=O)OCCCCCCCN(CCCCCCCOC)CCN(CCO)CCCO)OCCCC/C=C\CC. The third-order valence-corrected chi connectivity index (χ3v) is 9.01. The van der Waals surface area contributed by atoms with Gasteiger partial charge in [0.15, 0.2) is 6.29 Å². The Morgan fingerprint density at radius 1 is 0.549 bits per heavy atom. The Morgan fingerprint density at radius 2 is 1.04 bits per heavy atom. The maximum atomic E-state index is 12.5. The first-order valence-electron chi connectivity index (χ1n) is 20.9. The molecule has 0 atom stereocenters. The molecule has 0 aliphatic carbocycles. The van der Waals surface area contributed by atoms with Crippen molar-refractivity contribution in [1.29, 1.82) is 0 Å². The molecule has 0 spiro atoms. The molecule has 0 saturated carbocycles. The van der Waals surface area contributed by atoms with Crippen LogP contribution in [0.25, 0.3) is 0 Å². The van der Waals surface area contributed by atoms with Gasteiger partial charge in [0.2, 0.25) is 0 Å². The molecule has 0 saturated heterocycles. The van der Waals surface area contributed by atoms with E-state index >= 15 is 0 Å². The lowest BCUT2D eigenvalue weighted by atomic mass is 10.1. The molecule has 2 N–H and O–H groups in total. The minimum atomic E-state index is -0.353. The van der Waals surface area contributed by atoms with Gasteiger partial charge in [0.05, 0.1) is 19.6 Å². The molecule has 0 fully saturated rings. The molecule has 0 aliphatic rings. The standard InChI is InChI=1S/C42H82N2O7/c1-4-6-8-10-17-24-39-50-42(51-40-25-18-11-9-7-5-2)28-27-41(47)49-38-23-19-13-15-21-30-43(29-20-14-12-16-22-37-48-3)32-33-44(34-36-46)31-26-35-45/h6-9,42,45-46H,4-5,10-40H2,1-3H3/b8-6-,9-7-. The monoisotopic (exact) mass is 727 g/mol. The molecule has 0 radical (unpaired) electrons. The van der Waals surface area contributed by atoms with Crippen LogP contribution >= 0.6 is 0 Å². The van der Waals surface area contributed by atoms with Crippen LogP contribution in [0.2, 0.25) is 0 Å². The first-order chi connectivity index (χ1) is 25.1. The van der Waals surface area contributed by atoms with E-state index in [0.29, 0.717) is 39.2 Å². The summed E-state index contributed by atoms with van der Waals surface area (Å²) in [5.74, 6) is -0.162. The summed E-state index contributed by atoms with van der Waals surface area (Å²) in [4.78, 5) is 17.3. The maximum Gasteiger partial charge on any atom is 0.305 e. The molecule has 0 unspecified atom stereocenters. The number of carbonyl (C=O) groups excluding carboxylic acids is 1. The van der Waals surface area contributed by atoms with Gasteiger partial charge < -0.3 is 34.1 Å². The van der Waals surface area contributed by atoms with Crippen molar-refractivity contribution in [1.82, 2.24) is 9.80 Å². The van der Waals surface area contributed by atoms with E-state index in [1.54, 1.807) is 7.11 Å². The zero-order valence-corrected chi connectivity index (χ0v) is 33.6. The van der Waals surface area contributed by atoms with Crippen molar-refractivity contribution in [3.8, 4) is 0 Å². The van der Waals surface area contributed by atoms with Crippen LogP contribution in [0.5, 0.6) is 0 Å². The number of hydrogen-bond acceptors (Lipinski definition) is 9. The van der Waals surface area contributed by atoms with Gasteiger partial charge in [0.1, 0.15) is 0 Å². The maximum absolute atomic E-state index is 12.5. The number of unbranched alkanes of at least 4 members (excludes halogenated alkanes) is 12. The van der Waals surface area contributed by atoms with Gasteiger partial charge in [-0.25, -0.2) is 0 Å². The lowest BCUT2D eigenvalue weighted by Crippen LogP contribution is -2.38. The van der Waals surface area contributed by atoms with E-state index in [0.717, 1.165) is 129 Å². The van der Waals surface area contributed by atoms with Gasteiger partial charge in [0, 0.05) is 66.1 Å². The predicted molar refractivity (Wildman–Crippen MR) is 212 cm³/mol. The predicted octanol–water partition coefficient (Wildman–Crippen LogP) is 8.47. The topological polar surface area (TPSA) is 101 Å². The largest absolute Gasteiger partial charge is 0.466 e. The van der Waals surface area contributed by atoms with Gasteiger partial charge in [-0.15, -0.1) is 0 Å². The second-order valence-corrected chi connectivity index (χ2v) is 13.7. The first kappa shape index (κ1) is 49.7. The summed E-state index contributed by atoms with van der Waals surface area (Å²) >= 11 is 0. The molecular formula is C42H82N2O7. The number of aliphatic hydroxyl groups is 2. The van der Waals surface area contributed by atoms with Gasteiger partial charge >= 0.3 is 5.97 Å². The van der Waals surface area contributed by atoms with Crippen LogP contribution in [-0.4, -0.2) is 118 Å². The highest BCUT2D eigenvalue weighted by atomic mass is 16.7. The van der Waals surface area contributed by atoms with Gasteiger partial charge in [-0.3, -0.25) is 9.69 Å². The Morgan fingerprint density at radius 3 is 1.57 bits per heavy atom. The number of nitrogens with zero attached hydrogens (tertiary/aromatic N) is 2. The fourth-order valence-corrected chi connectivity index (χ4v) is 5.91. The van der Waals surface area contributed by atoms with Crippen LogP contribution in [0.1, 0.15) is 149 Å². The average molecular weight is 727 g/mol. The van der Waals surface area contributed by atoms with Crippen molar-refractivity contribution < 1.29 is 34.0 Å². The lowest BCUT2D eigenvalue weighted by Gasteiger charge is -2.27. The van der Waals surface area contributed by atoms with Crippen LogP contribution in [0.15, 0.2) is 24.3 Å². The summed E-state index contributed by atoms with van der Waals surface area (Å²) < 4.78 is 22.8. The van der Waals surface area contributed by atoms with Crippen LogP contribution in [-0.2, 0) is 23.7 Å². The smallest absolute Gasteiger partial charge is 0.305 e. The molecular weight excluding hydrogens is 644 g/mol. The molecule has 0 aromatic rings. The normalized spacial score (nSPS) is 12.2. The lowest BCUT2D eigenvalue weighted by molar-refractivity contribution is -0.159. The number of methoxy groups -OCH3 is 1. The van der Waals surface area contributed by atoms with E-state index in [-0.39, 0.29) is 25.5 Å². The number of carbonyl (C=O) groups is 1. The van der Waals surface area contributed by atoms with Crippen molar-refractivity contribution in [3.63, 3.8) is 0 Å². The summed E-state index contributed by atoms with van der Waals surface area (Å²) in [6.07, 6.45) is 30.1. The number of hydrogen-bond donors (Lipinski definition) is 2. The third kappa shape index (κ3) is 36.8. The van der Waals surface area contributed by atoms with Crippen LogP contribution in [0.3, 0.4) is 0 Å². The number of esters is 1. The van der Waals surface area contributed by atoms with Gasteiger partial charge in [0.25, 0.3) is 0 Å². The molecule has 0 rings (SSSR count).